The molecule has 0 bridgehead atoms. The lowest BCUT2D eigenvalue weighted by molar-refractivity contribution is -0.131. The highest BCUT2D eigenvalue weighted by Crippen LogP contribution is 2.35. The minimum Gasteiger partial charge on any atom is -0.323 e. The smallest absolute Gasteiger partial charge is 0.323 e. The Hall–Kier alpha value is -2.37. The second-order valence-electron chi connectivity index (χ2n) is 6.85. The quantitative estimate of drug-likeness (QED) is 0.861. The molecule has 2 aliphatic heterocycles. The number of para-hydroxylation sites is 1. The van der Waals surface area contributed by atoms with Crippen molar-refractivity contribution in [2.24, 2.45) is 0 Å². The number of fused-ring (bicyclic) bond motifs is 1. The number of amides is 4. The van der Waals surface area contributed by atoms with E-state index in [1.165, 1.54) is 10.5 Å². The Bertz CT molecular complexity index is 709. The molecule has 0 radical (unpaired) electrons. The second-order valence-corrected chi connectivity index (χ2v) is 6.85. The molecule has 2 fully saturated rings. The Morgan fingerprint density at radius 3 is 2.71 bits per heavy atom. The molecule has 3 aliphatic rings. The van der Waals surface area contributed by atoms with Crippen LogP contribution in [-0.2, 0) is 16.0 Å². The topological polar surface area (TPSA) is 69.7 Å². The first-order valence-corrected chi connectivity index (χ1v) is 8.63. The molecule has 1 spiro atoms. The predicted molar refractivity (Wildman–Crippen MR) is 88.6 cm³/mol. The average Bonchev–Trinajstić information content (AvgIpc) is 3.26. The Morgan fingerprint density at radius 2 is 1.92 bits per heavy atom. The standard InChI is InChI=1S/C18H21N3O3/c22-15(20-11-7-13-5-1-2-6-14(13)20)8-12-21-16(23)18(19-17(21)24)9-3-4-10-18/h1-2,5-6H,3-4,7-12H2,(H,19,24). The third kappa shape index (κ3) is 2.28. The van der Waals surface area contributed by atoms with Crippen LogP contribution in [-0.4, -0.2) is 41.4 Å². The highest BCUT2D eigenvalue weighted by Gasteiger charge is 2.52. The van der Waals surface area contributed by atoms with E-state index < -0.39 is 5.54 Å². The molecule has 2 heterocycles. The number of anilines is 1. The van der Waals surface area contributed by atoms with Gasteiger partial charge in [-0.05, 0) is 30.9 Å². The zero-order valence-corrected chi connectivity index (χ0v) is 13.6. The second kappa shape index (κ2) is 5.61. The number of rotatable bonds is 3. The third-order valence-corrected chi connectivity index (χ3v) is 5.44. The fourth-order valence-corrected chi connectivity index (χ4v) is 4.14. The maximum absolute atomic E-state index is 12.6. The molecule has 0 unspecified atom stereocenters. The fraction of sp³-hybridized carbons (Fsp3) is 0.500. The van der Waals surface area contributed by atoms with Gasteiger partial charge >= 0.3 is 6.03 Å². The Kier molecular flexibility index (Phi) is 3.55. The predicted octanol–water partition coefficient (Wildman–Crippen LogP) is 1.83. The van der Waals surface area contributed by atoms with Crippen LogP contribution in [0.25, 0.3) is 0 Å². The molecule has 4 rings (SSSR count). The van der Waals surface area contributed by atoms with Crippen LogP contribution in [0.3, 0.4) is 0 Å². The van der Waals surface area contributed by atoms with Gasteiger partial charge in [0.15, 0.2) is 0 Å². The van der Waals surface area contributed by atoms with E-state index in [1.807, 2.05) is 24.3 Å². The van der Waals surface area contributed by atoms with E-state index in [2.05, 4.69) is 5.32 Å². The summed E-state index contributed by atoms with van der Waals surface area (Å²) in [6.45, 7) is 0.826. The van der Waals surface area contributed by atoms with Crippen molar-refractivity contribution in [1.29, 1.82) is 0 Å². The van der Waals surface area contributed by atoms with Gasteiger partial charge in [0.1, 0.15) is 5.54 Å². The molecule has 6 heteroatoms. The first-order valence-electron chi connectivity index (χ1n) is 8.63. The van der Waals surface area contributed by atoms with Crippen molar-refractivity contribution in [3.63, 3.8) is 0 Å². The highest BCUT2D eigenvalue weighted by atomic mass is 16.2. The lowest BCUT2D eigenvalue weighted by Crippen LogP contribution is -2.44. The molecule has 1 aromatic rings. The number of hydrogen-bond acceptors (Lipinski definition) is 3. The molecule has 1 aliphatic carbocycles. The lowest BCUT2D eigenvalue weighted by atomic mass is 9.98. The van der Waals surface area contributed by atoms with Gasteiger partial charge < -0.3 is 10.2 Å². The number of imide groups is 1. The minimum absolute atomic E-state index is 0.0343. The zero-order valence-electron chi connectivity index (χ0n) is 13.6. The van der Waals surface area contributed by atoms with Crippen molar-refractivity contribution in [2.75, 3.05) is 18.0 Å². The molecule has 0 aromatic heterocycles. The highest BCUT2D eigenvalue weighted by molar-refractivity contribution is 6.07. The number of carbonyl (C=O) groups is 3. The monoisotopic (exact) mass is 327 g/mol. The third-order valence-electron chi connectivity index (χ3n) is 5.44. The van der Waals surface area contributed by atoms with Crippen LogP contribution in [0, 0.1) is 0 Å². The van der Waals surface area contributed by atoms with Crippen LogP contribution in [0.1, 0.15) is 37.7 Å². The largest absolute Gasteiger partial charge is 0.325 e. The Balaban J connectivity index is 1.41. The summed E-state index contributed by atoms with van der Waals surface area (Å²) < 4.78 is 0. The van der Waals surface area contributed by atoms with Crippen LogP contribution < -0.4 is 10.2 Å². The maximum Gasteiger partial charge on any atom is 0.325 e. The number of nitrogens with one attached hydrogen (secondary N) is 1. The van der Waals surface area contributed by atoms with Gasteiger partial charge in [-0.25, -0.2) is 4.79 Å². The summed E-state index contributed by atoms with van der Waals surface area (Å²) in [5, 5.41) is 2.85. The molecule has 0 atom stereocenters. The van der Waals surface area contributed by atoms with Gasteiger partial charge in [0.05, 0.1) is 0 Å². The molecular formula is C18H21N3O3. The summed E-state index contributed by atoms with van der Waals surface area (Å²) in [7, 11) is 0. The summed E-state index contributed by atoms with van der Waals surface area (Å²) in [6.07, 6.45) is 4.37. The molecule has 24 heavy (non-hydrogen) atoms. The van der Waals surface area contributed by atoms with Gasteiger partial charge in [-0.2, -0.15) is 0 Å². The van der Waals surface area contributed by atoms with Gasteiger partial charge in [-0.1, -0.05) is 31.0 Å². The van der Waals surface area contributed by atoms with Crippen LogP contribution in [0.4, 0.5) is 10.5 Å². The number of benzene rings is 1. The van der Waals surface area contributed by atoms with Gasteiger partial charge in [0, 0.05) is 25.2 Å². The van der Waals surface area contributed by atoms with Crippen molar-refractivity contribution in [1.82, 2.24) is 10.2 Å². The Morgan fingerprint density at radius 1 is 1.17 bits per heavy atom. The lowest BCUT2D eigenvalue weighted by Gasteiger charge is -2.21. The molecule has 1 saturated carbocycles. The molecule has 126 valence electrons. The van der Waals surface area contributed by atoms with E-state index in [0.717, 1.165) is 24.9 Å². The van der Waals surface area contributed by atoms with Gasteiger partial charge in [0.2, 0.25) is 5.91 Å². The molecule has 1 aromatic carbocycles. The van der Waals surface area contributed by atoms with Crippen LogP contribution in [0.2, 0.25) is 0 Å². The molecule has 4 amide bonds. The van der Waals surface area contributed by atoms with Crippen molar-refractivity contribution >= 4 is 23.5 Å². The zero-order chi connectivity index (χ0) is 16.7. The van der Waals surface area contributed by atoms with Gasteiger partial charge in [0.25, 0.3) is 5.91 Å². The summed E-state index contributed by atoms with van der Waals surface area (Å²) in [4.78, 5) is 40.3. The van der Waals surface area contributed by atoms with E-state index in [4.69, 9.17) is 0 Å². The molecule has 1 N–H and O–H groups in total. The van der Waals surface area contributed by atoms with E-state index in [9.17, 15) is 14.4 Å². The number of urea groups is 1. The van der Waals surface area contributed by atoms with Gasteiger partial charge in [-0.15, -0.1) is 0 Å². The molecular weight excluding hydrogens is 306 g/mol. The normalized spacial score (nSPS) is 21.5. The molecule has 1 saturated heterocycles. The summed E-state index contributed by atoms with van der Waals surface area (Å²) >= 11 is 0. The number of hydrogen-bond donors (Lipinski definition) is 1. The maximum atomic E-state index is 12.6. The number of nitrogens with zero attached hydrogens (tertiary/aromatic N) is 2. The van der Waals surface area contributed by atoms with Crippen molar-refractivity contribution in [3.05, 3.63) is 29.8 Å². The van der Waals surface area contributed by atoms with E-state index >= 15 is 0 Å². The minimum atomic E-state index is -0.694. The fourth-order valence-electron chi connectivity index (χ4n) is 4.14. The first-order chi connectivity index (χ1) is 11.6. The summed E-state index contributed by atoms with van der Waals surface area (Å²) in [5.41, 5.74) is 1.43. The average molecular weight is 327 g/mol. The van der Waals surface area contributed by atoms with E-state index in [-0.39, 0.29) is 30.8 Å². The number of carbonyl (C=O) groups excluding carboxylic acids is 3. The van der Waals surface area contributed by atoms with E-state index in [0.29, 0.717) is 19.4 Å². The van der Waals surface area contributed by atoms with Crippen molar-refractivity contribution in [3.8, 4) is 0 Å². The van der Waals surface area contributed by atoms with Crippen LogP contribution in [0.5, 0.6) is 0 Å². The summed E-state index contributed by atoms with van der Waals surface area (Å²) in [5.74, 6) is -0.187. The van der Waals surface area contributed by atoms with Crippen LogP contribution >= 0.6 is 0 Å². The summed E-state index contributed by atoms with van der Waals surface area (Å²) in [6, 6.07) is 7.52. The van der Waals surface area contributed by atoms with Crippen molar-refractivity contribution in [2.45, 2.75) is 44.1 Å². The Labute approximate surface area is 140 Å². The SMILES string of the molecule is O=C1NC2(CCCC2)C(=O)N1CCC(=O)N1CCc2ccccc21. The first kappa shape index (κ1) is 15.2. The van der Waals surface area contributed by atoms with E-state index in [1.54, 1.807) is 4.90 Å². The van der Waals surface area contributed by atoms with Gasteiger partial charge in [-0.3, -0.25) is 14.5 Å². The van der Waals surface area contributed by atoms with Crippen LogP contribution in [0.15, 0.2) is 24.3 Å². The van der Waals surface area contributed by atoms with Crippen molar-refractivity contribution < 1.29 is 14.4 Å². The molecule has 6 nitrogen and oxygen atoms in total.